The van der Waals surface area contributed by atoms with Crippen LogP contribution in [0.3, 0.4) is 0 Å². The first-order valence-electron chi connectivity index (χ1n) is 12.9. The molecule has 0 aliphatic heterocycles. The smallest absolute Gasteiger partial charge is 0.464 e. The highest BCUT2D eigenvalue weighted by atomic mass is 19.4. The third kappa shape index (κ3) is 4.94. The van der Waals surface area contributed by atoms with Gasteiger partial charge in [0.1, 0.15) is 11.1 Å². The predicted molar refractivity (Wildman–Crippen MR) is 142 cm³/mol. The average molecular weight is 551 g/mol. The number of halogens is 3. The lowest BCUT2D eigenvalue weighted by Crippen LogP contribution is -2.31. The Labute approximate surface area is 226 Å². The molecule has 8 nitrogen and oxygen atoms in total. The number of hydrogen-bond acceptors (Lipinski definition) is 6. The molecule has 206 valence electrons. The minimum atomic E-state index is -4.44. The fourth-order valence-corrected chi connectivity index (χ4v) is 5.15. The van der Waals surface area contributed by atoms with Crippen LogP contribution in [0.15, 0.2) is 65.3 Å². The molecule has 3 heterocycles. The largest absolute Gasteiger partial charge is 0.513 e. The van der Waals surface area contributed by atoms with Gasteiger partial charge >= 0.3 is 18.3 Å². The van der Waals surface area contributed by atoms with E-state index in [1.807, 2.05) is 35.8 Å². The van der Waals surface area contributed by atoms with Gasteiger partial charge in [0.05, 0.1) is 23.0 Å². The van der Waals surface area contributed by atoms with E-state index in [1.54, 1.807) is 12.3 Å². The Morgan fingerprint density at radius 2 is 1.93 bits per heavy atom. The van der Waals surface area contributed by atoms with Gasteiger partial charge in [-0.1, -0.05) is 18.6 Å². The number of hydrogen-bond donors (Lipinski definition) is 2. The summed E-state index contributed by atoms with van der Waals surface area (Å²) in [6, 6.07) is 14.1. The molecule has 1 fully saturated rings. The number of furan rings is 1. The molecule has 0 bridgehead atoms. The number of fused-ring (bicyclic) bond motifs is 2. The van der Waals surface area contributed by atoms with Crippen molar-refractivity contribution in [3.8, 4) is 17.3 Å². The van der Waals surface area contributed by atoms with E-state index < -0.39 is 17.9 Å². The van der Waals surface area contributed by atoms with Crippen molar-refractivity contribution in [3.05, 3.63) is 72.0 Å². The molecular formula is C29H25F3N4O4. The van der Waals surface area contributed by atoms with E-state index in [0.717, 1.165) is 48.0 Å². The van der Waals surface area contributed by atoms with E-state index in [4.69, 9.17) is 9.15 Å². The number of benzene rings is 2. The fourth-order valence-electron chi connectivity index (χ4n) is 5.15. The Morgan fingerprint density at radius 3 is 2.60 bits per heavy atom. The lowest BCUT2D eigenvalue weighted by molar-refractivity contribution is -0.137. The van der Waals surface area contributed by atoms with Crippen LogP contribution in [0.2, 0.25) is 0 Å². The maximum absolute atomic E-state index is 13.2. The number of nitrogens with zero attached hydrogens (tertiary/aromatic N) is 3. The first-order chi connectivity index (χ1) is 19.2. The standard InChI is InChI=1S/C29H25F3N4O4/c1-16(18-3-2-4-18)33-26-25-22(34-27(35-26)40-28(37)38)14-23(19-7-10-24-20(13-19)11-12-39-24)36(25)15-17-5-8-21(9-6-17)29(30,31)32/h5-14,16,18H,2-4,15H2,1H3,(H,37,38)(H,33,34,35)/t16-/m1/s1. The molecule has 1 atom stereocenters. The molecule has 1 aliphatic rings. The van der Waals surface area contributed by atoms with Crippen LogP contribution < -0.4 is 10.1 Å². The Kier molecular flexibility index (Phi) is 6.36. The van der Waals surface area contributed by atoms with E-state index >= 15 is 0 Å². The van der Waals surface area contributed by atoms with Crippen molar-refractivity contribution in [1.29, 1.82) is 0 Å². The van der Waals surface area contributed by atoms with Crippen molar-refractivity contribution in [2.45, 2.75) is 44.9 Å². The summed E-state index contributed by atoms with van der Waals surface area (Å²) in [5, 5.41) is 13.5. The van der Waals surface area contributed by atoms with Gasteiger partial charge in [0, 0.05) is 18.0 Å². The average Bonchev–Trinajstić information content (AvgIpc) is 3.46. The van der Waals surface area contributed by atoms with Crippen LogP contribution in [0, 0.1) is 5.92 Å². The van der Waals surface area contributed by atoms with Crippen LogP contribution in [0.4, 0.5) is 23.8 Å². The molecule has 0 radical (unpaired) electrons. The Balaban J connectivity index is 1.52. The van der Waals surface area contributed by atoms with Gasteiger partial charge < -0.3 is 24.1 Å². The molecule has 3 aromatic heterocycles. The van der Waals surface area contributed by atoms with Crippen molar-refractivity contribution in [2.75, 3.05) is 5.32 Å². The van der Waals surface area contributed by atoms with Gasteiger partial charge in [0.2, 0.25) is 0 Å². The first-order valence-corrected chi connectivity index (χ1v) is 12.9. The molecule has 0 spiro atoms. The van der Waals surface area contributed by atoms with Crippen molar-refractivity contribution in [1.82, 2.24) is 14.5 Å². The molecule has 1 saturated carbocycles. The van der Waals surface area contributed by atoms with Crippen LogP contribution in [-0.4, -0.2) is 31.8 Å². The van der Waals surface area contributed by atoms with Crippen LogP contribution in [-0.2, 0) is 12.7 Å². The first kappa shape index (κ1) is 25.7. The van der Waals surface area contributed by atoms with Gasteiger partial charge in [0.15, 0.2) is 5.82 Å². The molecule has 6 rings (SSSR count). The summed E-state index contributed by atoms with van der Waals surface area (Å²) in [5.41, 5.74) is 3.18. The van der Waals surface area contributed by atoms with Gasteiger partial charge in [-0.05, 0) is 79.3 Å². The lowest BCUT2D eigenvalue weighted by atomic mass is 9.80. The Morgan fingerprint density at radius 1 is 1.15 bits per heavy atom. The highest BCUT2D eigenvalue weighted by molar-refractivity contribution is 5.93. The summed E-state index contributed by atoms with van der Waals surface area (Å²) in [6.45, 7) is 2.27. The van der Waals surface area contributed by atoms with Gasteiger partial charge in [-0.3, -0.25) is 0 Å². The number of alkyl halides is 3. The van der Waals surface area contributed by atoms with Gasteiger partial charge in [-0.25, -0.2) is 4.79 Å². The SMILES string of the molecule is C[C@@H](Nc1nc(OC(=O)O)nc2cc(-c3ccc4occc4c3)n(Cc3ccc(C(F)(F)F)cc3)c12)C1CCC1. The predicted octanol–water partition coefficient (Wildman–Crippen LogP) is 7.57. The highest BCUT2D eigenvalue weighted by Crippen LogP contribution is 2.37. The monoisotopic (exact) mass is 550 g/mol. The molecule has 5 aromatic rings. The molecular weight excluding hydrogens is 525 g/mol. The lowest BCUT2D eigenvalue weighted by Gasteiger charge is -2.32. The molecule has 2 aromatic carbocycles. The van der Waals surface area contributed by atoms with Crippen LogP contribution >= 0.6 is 0 Å². The molecule has 2 N–H and O–H groups in total. The topological polar surface area (TPSA) is 102 Å². The fraction of sp³-hybridized carbons (Fsp3) is 0.276. The number of aromatic nitrogens is 3. The van der Waals surface area contributed by atoms with Crippen LogP contribution in [0.25, 0.3) is 33.3 Å². The zero-order valence-corrected chi connectivity index (χ0v) is 21.4. The maximum Gasteiger partial charge on any atom is 0.513 e. The summed E-state index contributed by atoms with van der Waals surface area (Å²) in [4.78, 5) is 20.1. The van der Waals surface area contributed by atoms with Crippen LogP contribution in [0.1, 0.15) is 37.3 Å². The van der Waals surface area contributed by atoms with E-state index in [-0.39, 0.29) is 18.6 Å². The minimum Gasteiger partial charge on any atom is -0.464 e. The molecule has 11 heteroatoms. The zero-order valence-electron chi connectivity index (χ0n) is 21.4. The number of carboxylic acid groups (broad SMARTS) is 1. The second kappa shape index (κ2) is 9.89. The Hall–Kier alpha value is -4.54. The summed E-state index contributed by atoms with van der Waals surface area (Å²) >= 11 is 0. The maximum atomic E-state index is 13.2. The van der Waals surface area contributed by atoms with E-state index in [2.05, 4.69) is 15.3 Å². The van der Waals surface area contributed by atoms with Gasteiger partial charge in [-0.15, -0.1) is 0 Å². The van der Waals surface area contributed by atoms with Crippen molar-refractivity contribution in [3.63, 3.8) is 0 Å². The number of ether oxygens (including phenoxy) is 1. The summed E-state index contributed by atoms with van der Waals surface area (Å²) in [5.74, 6) is 0.832. The molecule has 40 heavy (non-hydrogen) atoms. The zero-order chi connectivity index (χ0) is 28.0. The van der Waals surface area contributed by atoms with Crippen molar-refractivity contribution >= 4 is 34.0 Å². The summed E-state index contributed by atoms with van der Waals surface area (Å²) < 4.78 is 51.9. The quantitative estimate of drug-likeness (QED) is 0.202. The Bertz CT molecular complexity index is 1700. The second-order valence-corrected chi connectivity index (χ2v) is 10.1. The normalized spacial score (nSPS) is 14.8. The third-order valence-electron chi connectivity index (χ3n) is 7.49. The number of nitrogens with one attached hydrogen (secondary N) is 1. The number of anilines is 1. The van der Waals surface area contributed by atoms with E-state index in [1.165, 1.54) is 12.1 Å². The minimum absolute atomic E-state index is 0.0460. The van der Waals surface area contributed by atoms with Gasteiger partial charge in [0.25, 0.3) is 0 Å². The number of rotatable bonds is 7. The third-order valence-corrected chi connectivity index (χ3v) is 7.49. The summed E-state index contributed by atoms with van der Waals surface area (Å²) in [6.07, 6.45) is -1.09. The second-order valence-electron chi connectivity index (χ2n) is 10.1. The number of carbonyl (C=O) groups is 1. The van der Waals surface area contributed by atoms with Crippen molar-refractivity contribution in [2.24, 2.45) is 5.92 Å². The van der Waals surface area contributed by atoms with E-state index in [0.29, 0.717) is 33.9 Å². The van der Waals surface area contributed by atoms with Gasteiger partial charge in [-0.2, -0.15) is 23.1 Å². The highest BCUT2D eigenvalue weighted by Gasteiger charge is 2.30. The van der Waals surface area contributed by atoms with Crippen LogP contribution in [0.5, 0.6) is 6.01 Å². The molecule has 0 unspecified atom stereocenters. The van der Waals surface area contributed by atoms with Crippen molar-refractivity contribution < 1.29 is 32.2 Å². The molecule has 0 amide bonds. The van der Waals surface area contributed by atoms with E-state index in [9.17, 15) is 23.1 Å². The molecule has 0 saturated heterocycles. The summed E-state index contributed by atoms with van der Waals surface area (Å²) in [7, 11) is 0. The molecule has 1 aliphatic carbocycles.